The molecule has 0 saturated carbocycles. The van der Waals surface area contributed by atoms with Crippen LogP contribution in [-0.4, -0.2) is 10.7 Å². The van der Waals surface area contributed by atoms with Gasteiger partial charge in [0.15, 0.2) is 5.57 Å². The number of hydrogen-bond acceptors (Lipinski definition) is 5. The van der Waals surface area contributed by atoms with Crippen LogP contribution in [0, 0.1) is 28.5 Å². The lowest BCUT2D eigenvalue weighted by atomic mass is 10.1. The topological polar surface area (TPSA) is 67.9 Å². The third-order valence-corrected chi connectivity index (χ3v) is 4.62. The van der Waals surface area contributed by atoms with Crippen molar-refractivity contribution in [2.75, 3.05) is 0 Å². The summed E-state index contributed by atoms with van der Waals surface area (Å²) in [4.78, 5) is 15.1. The molecule has 27 heavy (non-hydrogen) atoms. The van der Waals surface area contributed by atoms with Gasteiger partial charge in [0.1, 0.15) is 18.0 Å². The van der Waals surface area contributed by atoms with Crippen molar-refractivity contribution in [3.63, 3.8) is 0 Å². The molecule has 4 nitrogen and oxygen atoms in total. The highest BCUT2D eigenvalue weighted by Crippen LogP contribution is 2.27. The molecule has 0 saturated heterocycles. The van der Waals surface area contributed by atoms with E-state index in [0.717, 1.165) is 0 Å². The molecule has 3 rings (SSSR count). The summed E-state index contributed by atoms with van der Waals surface area (Å²) >= 11 is 1.29. The Bertz CT molecular complexity index is 1050. The molecule has 1 aliphatic heterocycles. The minimum Gasteiger partial charge on any atom is -0.312 e. The number of Topliss-reactive ketones (excluding diaryl/α,β-unsaturated/α-hetero) is 1. The third-order valence-electron chi connectivity index (χ3n) is 3.75. The van der Waals surface area contributed by atoms with E-state index in [1.807, 2.05) is 12.1 Å². The maximum Gasteiger partial charge on any atom is 0.219 e. The van der Waals surface area contributed by atoms with Crippen LogP contribution >= 0.6 is 11.3 Å². The first kappa shape index (κ1) is 18.1. The predicted octanol–water partition coefficient (Wildman–Crippen LogP) is 4.80. The van der Waals surface area contributed by atoms with Gasteiger partial charge >= 0.3 is 0 Å². The second kappa shape index (κ2) is 8.09. The van der Waals surface area contributed by atoms with Crippen LogP contribution in [0.4, 0.5) is 4.39 Å². The van der Waals surface area contributed by atoms with Crippen molar-refractivity contribution in [2.24, 2.45) is 0 Å². The van der Waals surface area contributed by atoms with Crippen LogP contribution in [0.5, 0.6) is 0 Å². The summed E-state index contributed by atoms with van der Waals surface area (Å²) in [6, 6.07) is 12.9. The van der Waals surface area contributed by atoms with Crippen molar-refractivity contribution < 1.29 is 9.18 Å². The highest BCUT2D eigenvalue weighted by Gasteiger charge is 2.24. The zero-order valence-electron chi connectivity index (χ0n) is 14.0. The Morgan fingerprint density at radius 3 is 2.48 bits per heavy atom. The second-order valence-electron chi connectivity index (χ2n) is 5.44. The quantitative estimate of drug-likeness (QED) is 0.439. The molecule has 6 heteroatoms. The Morgan fingerprint density at radius 1 is 1.11 bits per heavy atom. The number of hydrogen-bond donors (Lipinski definition) is 0. The van der Waals surface area contributed by atoms with E-state index < -0.39 is 0 Å². The summed E-state index contributed by atoms with van der Waals surface area (Å²) in [5, 5.41) is 20.3. The number of nitrogens with zero attached hydrogens (tertiary/aromatic N) is 3. The fourth-order valence-corrected chi connectivity index (χ4v) is 3.16. The number of benzene rings is 1. The van der Waals surface area contributed by atoms with Gasteiger partial charge in [0.05, 0.1) is 16.3 Å². The Hall–Kier alpha value is -3.74. The first-order valence-corrected chi connectivity index (χ1v) is 8.76. The van der Waals surface area contributed by atoms with Crippen LogP contribution in [0.15, 0.2) is 83.2 Å². The SMILES string of the molecule is N#CC(C#N)=C1C=CC=CN1C(=Cc1ccc(F)cc1)C(=O)c1cccs1. The lowest BCUT2D eigenvalue weighted by Gasteiger charge is -2.25. The average molecular weight is 373 g/mol. The van der Waals surface area contributed by atoms with Crippen molar-refractivity contribution in [3.8, 4) is 12.1 Å². The van der Waals surface area contributed by atoms with Crippen LogP contribution in [0.1, 0.15) is 15.2 Å². The van der Waals surface area contributed by atoms with Crippen molar-refractivity contribution in [1.82, 2.24) is 4.90 Å². The minimum absolute atomic E-state index is 0.111. The van der Waals surface area contributed by atoms with Gasteiger partial charge in [0.2, 0.25) is 5.78 Å². The maximum absolute atomic E-state index is 13.2. The van der Waals surface area contributed by atoms with Gasteiger partial charge in [-0.2, -0.15) is 10.5 Å². The van der Waals surface area contributed by atoms with Crippen molar-refractivity contribution in [3.05, 3.63) is 99.4 Å². The first-order valence-electron chi connectivity index (χ1n) is 7.88. The van der Waals surface area contributed by atoms with E-state index >= 15 is 0 Å². The lowest BCUT2D eigenvalue weighted by Crippen LogP contribution is -2.23. The molecule has 0 radical (unpaired) electrons. The summed E-state index contributed by atoms with van der Waals surface area (Å²) < 4.78 is 13.2. The van der Waals surface area contributed by atoms with Gasteiger partial charge < -0.3 is 4.90 Å². The third kappa shape index (κ3) is 3.92. The predicted molar refractivity (Wildman–Crippen MR) is 101 cm³/mol. The molecule has 2 heterocycles. The molecule has 0 unspecified atom stereocenters. The Kier molecular flexibility index (Phi) is 5.41. The number of carbonyl (C=O) groups is 1. The van der Waals surface area contributed by atoms with E-state index in [-0.39, 0.29) is 22.9 Å². The molecule has 0 spiro atoms. The number of ketones is 1. The Balaban J connectivity index is 2.16. The van der Waals surface area contributed by atoms with Gasteiger partial charge in [-0.15, -0.1) is 11.3 Å². The van der Waals surface area contributed by atoms with Gasteiger partial charge in [-0.1, -0.05) is 24.3 Å². The fourth-order valence-electron chi connectivity index (χ4n) is 2.49. The van der Waals surface area contributed by atoms with E-state index in [1.54, 1.807) is 60.1 Å². The molecule has 1 aromatic carbocycles. The fraction of sp³-hybridized carbons (Fsp3) is 0. The molecule has 0 atom stereocenters. The molecule has 130 valence electrons. The van der Waals surface area contributed by atoms with Crippen LogP contribution in [0.25, 0.3) is 6.08 Å². The molecule has 1 aliphatic rings. The average Bonchev–Trinajstić information content (AvgIpc) is 3.23. The van der Waals surface area contributed by atoms with Gasteiger partial charge in [0.25, 0.3) is 0 Å². The number of carbonyl (C=O) groups excluding carboxylic acids is 1. The van der Waals surface area contributed by atoms with E-state index in [1.165, 1.54) is 28.4 Å². The minimum atomic E-state index is -0.379. The Labute approximate surface area is 159 Å². The van der Waals surface area contributed by atoms with E-state index in [4.69, 9.17) is 0 Å². The monoisotopic (exact) mass is 373 g/mol. The first-order chi connectivity index (χ1) is 13.1. The molecule has 0 N–H and O–H groups in total. The molecule has 0 bridgehead atoms. The van der Waals surface area contributed by atoms with Crippen LogP contribution in [0.2, 0.25) is 0 Å². The van der Waals surface area contributed by atoms with Crippen molar-refractivity contribution >= 4 is 23.2 Å². The molecular weight excluding hydrogens is 361 g/mol. The maximum atomic E-state index is 13.2. The number of nitriles is 2. The van der Waals surface area contributed by atoms with Crippen LogP contribution in [0.3, 0.4) is 0 Å². The van der Waals surface area contributed by atoms with Crippen molar-refractivity contribution in [1.29, 1.82) is 10.5 Å². The highest BCUT2D eigenvalue weighted by atomic mass is 32.1. The Morgan fingerprint density at radius 2 is 1.85 bits per heavy atom. The summed E-state index contributed by atoms with van der Waals surface area (Å²) in [6.45, 7) is 0. The standard InChI is InChI=1S/C21H12FN3OS/c22-17-8-6-15(7-9-17)12-19(21(26)20-5-3-11-27-20)25-10-2-1-4-18(25)16(13-23)14-24/h1-12H. The summed E-state index contributed by atoms with van der Waals surface area (Å²) in [5.74, 6) is -0.641. The van der Waals surface area contributed by atoms with Crippen LogP contribution < -0.4 is 0 Å². The van der Waals surface area contributed by atoms with Crippen LogP contribution in [-0.2, 0) is 0 Å². The molecule has 1 aromatic heterocycles. The smallest absolute Gasteiger partial charge is 0.219 e. The molecular formula is C21H12FN3OS. The highest BCUT2D eigenvalue weighted by molar-refractivity contribution is 7.12. The number of thiophene rings is 1. The van der Waals surface area contributed by atoms with E-state index in [0.29, 0.717) is 16.1 Å². The zero-order valence-corrected chi connectivity index (χ0v) is 14.8. The van der Waals surface area contributed by atoms with Gasteiger partial charge in [-0.25, -0.2) is 4.39 Å². The van der Waals surface area contributed by atoms with Crippen molar-refractivity contribution in [2.45, 2.75) is 0 Å². The summed E-state index contributed by atoms with van der Waals surface area (Å²) in [6.07, 6.45) is 8.21. The summed E-state index contributed by atoms with van der Waals surface area (Å²) in [5.41, 5.74) is 1.07. The summed E-state index contributed by atoms with van der Waals surface area (Å²) in [7, 11) is 0. The molecule has 2 aromatic rings. The number of rotatable bonds is 4. The van der Waals surface area contributed by atoms with Gasteiger partial charge in [-0.3, -0.25) is 4.79 Å². The largest absolute Gasteiger partial charge is 0.312 e. The van der Waals surface area contributed by atoms with Gasteiger partial charge in [0, 0.05) is 6.20 Å². The lowest BCUT2D eigenvalue weighted by molar-refractivity contribution is 0.101. The zero-order chi connectivity index (χ0) is 19.2. The second-order valence-corrected chi connectivity index (χ2v) is 6.39. The number of halogens is 1. The van der Waals surface area contributed by atoms with Gasteiger partial charge in [-0.05, 0) is 47.4 Å². The molecule has 0 amide bonds. The normalized spacial score (nSPS) is 13.2. The van der Waals surface area contributed by atoms with E-state index in [2.05, 4.69) is 0 Å². The van der Waals surface area contributed by atoms with E-state index in [9.17, 15) is 19.7 Å². The number of allylic oxidation sites excluding steroid dienone is 5. The molecule has 0 fully saturated rings. The molecule has 0 aliphatic carbocycles.